The number of benzene rings is 1. The van der Waals surface area contributed by atoms with Crippen molar-refractivity contribution in [2.45, 2.75) is 12.8 Å². The maximum atomic E-state index is 8.79. The molecule has 1 rings (SSSR count). The molecule has 0 aliphatic rings. The highest BCUT2D eigenvalue weighted by atomic mass is 16.3. The average molecular weight is 164 g/mol. The van der Waals surface area contributed by atoms with Crippen LogP contribution in [0.3, 0.4) is 0 Å². The molecule has 0 aliphatic heterocycles. The Labute approximate surface area is 74.4 Å². The number of rotatable bonds is 2. The highest BCUT2D eigenvalue weighted by molar-refractivity contribution is 5.18. The molecule has 1 aromatic rings. The molecule has 1 atom stereocenters. The van der Waals surface area contributed by atoms with Crippen molar-refractivity contribution in [1.29, 1.82) is 0 Å². The van der Waals surface area contributed by atoms with E-state index in [1.165, 1.54) is 5.56 Å². The van der Waals surface area contributed by atoms with Gasteiger partial charge in [0.15, 0.2) is 0 Å². The minimum atomic E-state index is 0.226. The van der Waals surface area contributed by atoms with Gasteiger partial charge in [-0.15, -0.1) is 13.2 Å². The van der Waals surface area contributed by atoms with Crippen molar-refractivity contribution in [2.75, 3.05) is 6.61 Å². The standard InChI is InChI=1S/C9H12O.C2H4/c1-8(7-10)9-5-3-2-4-6-9;1-2/h2-6,8,10H,7H2,1H3;1-2H2. The Morgan fingerprint density at radius 3 is 2.17 bits per heavy atom. The highest BCUT2D eigenvalue weighted by Gasteiger charge is 2.00. The van der Waals surface area contributed by atoms with Crippen LogP contribution in [0.25, 0.3) is 0 Å². The Morgan fingerprint density at radius 2 is 1.75 bits per heavy atom. The quantitative estimate of drug-likeness (QED) is 0.666. The predicted molar refractivity (Wildman–Crippen MR) is 53.2 cm³/mol. The average Bonchev–Trinajstić information content (AvgIpc) is 2.21. The molecule has 0 heterocycles. The van der Waals surface area contributed by atoms with Crippen LogP contribution in [-0.2, 0) is 0 Å². The topological polar surface area (TPSA) is 20.2 Å². The molecule has 0 aliphatic carbocycles. The minimum Gasteiger partial charge on any atom is -0.396 e. The maximum Gasteiger partial charge on any atom is 0.0497 e. The van der Waals surface area contributed by atoms with Crippen LogP contribution in [0.4, 0.5) is 0 Å². The summed E-state index contributed by atoms with van der Waals surface area (Å²) in [4.78, 5) is 0. The van der Waals surface area contributed by atoms with Crippen LogP contribution in [0, 0.1) is 0 Å². The Kier molecular flexibility index (Phi) is 6.02. The molecule has 1 heteroatoms. The summed E-state index contributed by atoms with van der Waals surface area (Å²) >= 11 is 0. The van der Waals surface area contributed by atoms with Gasteiger partial charge in [0.25, 0.3) is 0 Å². The molecule has 1 unspecified atom stereocenters. The Hall–Kier alpha value is -1.08. The molecule has 0 saturated carbocycles. The zero-order chi connectivity index (χ0) is 9.40. The molecule has 0 amide bonds. The smallest absolute Gasteiger partial charge is 0.0497 e. The van der Waals surface area contributed by atoms with Gasteiger partial charge in [0.1, 0.15) is 0 Å². The van der Waals surface area contributed by atoms with Crippen LogP contribution in [0.5, 0.6) is 0 Å². The lowest BCUT2D eigenvalue weighted by Crippen LogP contribution is -1.97. The number of hydrogen-bond acceptors (Lipinski definition) is 1. The van der Waals surface area contributed by atoms with Gasteiger partial charge in [-0.25, -0.2) is 0 Å². The van der Waals surface area contributed by atoms with E-state index in [-0.39, 0.29) is 12.5 Å². The zero-order valence-corrected chi connectivity index (χ0v) is 7.53. The third-order valence-electron chi connectivity index (χ3n) is 1.64. The first-order valence-electron chi connectivity index (χ1n) is 4.00. The first-order chi connectivity index (χ1) is 5.84. The van der Waals surface area contributed by atoms with Gasteiger partial charge in [0.05, 0.1) is 0 Å². The van der Waals surface area contributed by atoms with Gasteiger partial charge in [0.2, 0.25) is 0 Å². The van der Waals surface area contributed by atoms with Crippen molar-refractivity contribution in [3.8, 4) is 0 Å². The molecule has 1 nitrogen and oxygen atoms in total. The molecule has 0 aromatic heterocycles. The number of hydrogen-bond donors (Lipinski definition) is 1. The predicted octanol–water partition coefficient (Wildman–Crippen LogP) is 2.58. The normalized spacial score (nSPS) is 11.2. The summed E-state index contributed by atoms with van der Waals surface area (Å²) in [5, 5.41) is 8.79. The van der Waals surface area contributed by atoms with Crippen LogP contribution >= 0.6 is 0 Å². The van der Waals surface area contributed by atoms with Crippen molar-refractivity contribution < 1.29 is 5.11 Å². The van der Waals surface area contributed by atoms with Gasteiger partial charge in [-0.2, -0.15) is 0 Å². The molecule has 0 saturated heterocycles. The van der Waals surface area contributed by atoms with Gasteiger partial charge in [0, 0.05) is 12.5 Å². The van der Waals surface area contributed by atoms with Gasteiger partial charge in [-0.3, -0.25) is 0 Å². The van der Waals surface area contributed by atoms with Crippen molar-refractivity contribution >= 4 is 0 Å². The summed E-state index contributed by atoms with van der Waals surface area (Å²) in [6, 6.07) is 10.0. The highest BCUT2D eigenvalue weighted by Crippen LogP contribution is 2.12. The minimum absolute atomic E-state index is 0.226. The van der Waals surface area contributed by atoms with E-state index >= 15 is 0 Å². The molecular formula is C11H16O. The lowest BCUT2D eigenvalue weighted by molar-refractivity contribution is 0.273. The largest absolute Gasteiger partial charge is 0.396 e. The molecular weight excluding hydrogens is 148 g/mol. The van der Waals surface area contributed by atoms with E-state index in [2.05, 4.69) is 13.2 Å². The molecule has 12 heavy (non-hydrogen) atoms. The molecule has 1 aromatic carbocycles. The maximum absolute atomic E-state index is 8.79. The van der Waals surface area contributed by atoms with E-state index in [0.717, 1.165) is 0 Å². The summed E-state index contributed by atoms with van der Waals surface area (Å²) in [6.45, 7) is 8.24. The van der Waals surface area contributed by atoms with Gasteiger partial charge in [-0.05, 0) is 5.56 Å². The third-order valence-corrected chi connectivity index (χ3v) is 1.64. The second-order valence-corrected chi connectivity index (χ2v) is 2.49. The number of aliphatic hydroxyl groups excluding tert-OH is 1. The van der Waals surface area contributed by atoms with Crippen LogP contribution in [0.1, 0.15) is 18.4 Å². The van der Waals surface area contributed by atoms with E-state index in [0.29, 0.717) is 0 Å². The summed E-state index contributed by atoms with van der Waals surface area (Å²) < 4.78 is 0. The second-order valence-electron chi connectivity index (χ2n) is 2.49. The van der Waals surface area contributed by atoms with Crippen molar-refractivity contribution in [3.63, 3.8) is 0 Å². The number of aliphatic hydroxyl groups is 1. The van der Waals surface area contributed by atoms with E-state index in [4.69, 9.17) is 5.11 Å². The van der Waals surface area contributed by atoms with Crippen LogP contribution < -0.4 is 0 Å². The first-order valence-corrected chi connectivity index (χ1v) is 4.00. The van der Waals surface area contributed by atoms with Crippen molar-refractivity contribution in [3.05, 3.63) is 49.1 Å². The van der Waals surface area contributed by atoms with E-state index in [9.17, 15) is 0 Å². The summed E-state index contributed by atoms with van der Waals surface area (Å²) in [5.41, 5.74) is 1.20. The fourth-order valence-electron chi connectivity index (χ4n) is 0.887. The monoisotopic (exact) mass is 164 g/mol. The molecule has 0 radical (unpaired) electrons. The molecule has 0 spiro atoms. The van der Waals surface area contributed by atoms with Gasteiger partial charge < -0.3 is 5.11 Å². The zero-order valence-electron chi connectivity index (χ0n) is 7.53. The Bertz CT molecular complexity index is 193. The molecule has 0 fully saturated rings. The Balaban J connectivity index is 0.000000561. The van der Waals surface area contributed by atoms with Gasteiger partial charge in [-0.1, -0.05) is 37.3 Å². The summed E-state index contributed by atoms with van der Waals surface area (Å²) in [6.07, 6.45) is 0. The molecule has 66 valence electrons. The first kappa shape index (κ1) is 10.9. The fourth-order valence-corrected chi connectivity index (χ4v) is 0.887. The van der Waals surface area contributed by atoms with Crippen LogP contribution in [0.2, 0.25) is 0 Å². The summed E-state index contributed by atoms with van der Waals surface area (Å²) in [5.74, 6) is 0.265. The van der Waals surface area contributed by atoms with E-state index < -0.39 is 0 Å². The van der Waals surface area contributed by atoms with E-state index in [1.54, 1.807) is 0 Å². The molecule has 0 bridgehead atoms. The van der Waals surface area contributed by atoms with E-state index in [1.807, 2.05) is 37.3 Å². The molecule has 1 N–H and O–H groups in total. The fraction of sp³-hybridized carbons (Fsp3) is 0.273. The Morgan fingerprint density at radius 1 is 1.25 bits per heavy atom. The second kappa shape index (κ2) is 6.62. The van der Waals surface area contributed by atoms with Crippen LogP contribution in [-0.4, -0.2) is 11.7 Å². The lowest BCUT2D eigenvalue weighted by Gasteiger charge is -2.05. The third kappa shape index (κ3) is 3.35. The van der Waals surface area contributed by atoms with Crippen LogP contribution in [0.15, 0.2) is 43.5 Å². The SMILES string of the molecule is C=C.CC(CO)c1ccccc1. The van der Waals surface area contributed by atoms with Crippen molar-refractivity contribution in [1.82, 2.24) is 0 Å². The summed E-state index contributed by atoms with van der Waals surface area (Å²) in [7, 11) is 0. The van der Waals surface area contributed by atoms with Gasteiger partial charge >= 0.3 is 0 Å². The van der Waals surface area contributed by atoms with Crippen molar-refractivity contribution in [2.24, 2.45) is 0 Å². The lowest BCUT2D eigenvalue weighted by atomic mass is 10.0.